The van der Waals surface area contributed by atoms with E-state index in [0.717, 1.165) is 11.6 Å². The van der Waals surface area contributed by atoms with Crippen LogP contribution in [0, 0.1) is 11.6 Å². The summed E-state index contributed by atoms with van der Waals surface area (Å²) in [5.74, 6) is -1.35. The molecule has 0 aliphatic heterocycles. The summed E-state index contributed by atoms with van der Waals surface area (Å²) in [4.78, 5) is 1.94. The fourth-order valence-corrected chi connectivity index (χ4v) is 2.50. The fourth-order valence-electron chi connectivity index (χ4n) is 2.50. The molecule has 0 bridgehead atoms. The molecule has 2 aromatic rings. The van der Waals surface area contributed by atoms with E-state index in [4.69, 9.17) is 0 Å². The van der Waals surface area contributed by atoms with Crippen LogP contribution in [-0.2, 0) is 12.0 Å². The van der Waals surface area contributed by atoms with Crippen LogP contribution in [0.1, 0.15) is 17.5 Å². The Balaban J connectivity index is 2.35. The van der Waals surface area contributed by atoms with Crippen molar-refractivity contribution in [3.8, 4) is 0 Å². The lowest BCUT2D eigenvalue weighted by Crippen LogP contribution is -2.33. The number of halogens is 2. The number of nitrogens with zero attached hydrogens (tertiary/aromatic N) is 1. The van der Waals surface area contributed by atoms with Crippen LogP contribution in [0.2, 0.25) is 0 Å². The first kappa shape index (κ1) is 16.6. The quantitative estimate of drug-likeness (QED) is 0.885. The highest BCUT2D eigenvalue weighted by Crippen LogP contribution is 2.30. The van der Waals surface area contributed by atoms with E-state index in [1.165, 1.54) is 12.1 Å². The average Bonchev–Trinajstić information content (AvgIpc) is 2.45. The molecular weight excluding hydrogens is 284 g/mol. The summed E-state index contributed by atoms with van der Waals surface area (Å²) < 4.78 is 27.1. The predicted molar refractivity (Wildman–Crippen MR) is 83.6 cm³/mol. The van der Waals surface area contributed by atoms with Gasteiger partial charge in [-0.25, -0.2) is 8.78 Å². The third-order valence-electron chi connectivity index (χ3n) is 3.71. The maximum Gasteiger partial charge on any atom is 0.126 e. The Morgan fingerprint density at radius 1 is 1.00 bits per heavy atom. The molecule has 0 radical (unpaired) electrons. The summed E-state index contributed by atoms with van der Waals surface area (Å²) in [5.41, 5.74) is -0.113. The topological polar surface area (TPSA) is 23.5 Å². The molecule has 2 nitrogen and oxygen atoms in total. The zero-order chi connectivity index (χ0) is 16.2. The molecule has 2 rings (SSSR count). The lowest BCUT2D eigenvalue weighted by molar-refractivity contribution is 0.0206. The first-order valence-electron chi connectivity index (χ1n) is 7.27. The van der Waals surface area contributed by atoms with Gasteiger partial charge in [0.25, 0.3) is 0 Å². The van der Waals surface area contributed by atoms with Crippen molar-refractivity contribution in [1.29, 1.82) is 0 Å². The predicted octanol–water partition coefficient (Wildman–Crippen LogP) is 3.35. The lowest BCUT2D eigenvalue weighted by Gasteiger charge is -2.30. The number of rotatable bonds is 6. The molecule has 22 heavy (non-hydrogen) atoms. The Kier molecular flexibility index (Phi) is 5.27. The summed E-state index contributed by atoms with van der Waals surface area (Å²) in [6.07, 6.45) is 0.697. The third-order valence-corrected chi connectivity index (χ3v) is 3.71. The molecule has 0 amide bonds. The van der Waals surface area contributed by atoms with Crippen molar-refractivity contribution >= 4 is 0 Å². The summed E-state index contributed by atoms with van der Waals surface area (Å²) in [6.45, 7) is 0.613. The van der Waals surface area contributed by atoms with E-state index >= 15 is 0 Å². The van der Waals surface area contributed by atoms with Crippen LogP contribution in [0.25, 0.3) is 0 Å². The largest absolute Gasteiger partial charge is 0.385 e. The van der Waals surface area contributed by atoms with E-state index in [2.05, 4.69) is 0 Å². The van der Waals surface area contributed by atoms with E-state index in [-0.39, 0.29) is 5.56 Å². The van der Waals surface area contributed by atoms with Crippen LogP contribution in [0.4, 0.5) is 8.78 Å². The lowest BCUT2D eigenvalue weighted by atomic mass is 9.84. The molecular formula is C18H21F2NO. The summed E-state index contributed by atoms with van der Waals surface area (Å²) in [6, 6.07) is 12.7. The second kappa shape index (κ2) is 6.99. The second-order valence-corrected chi connectivity index (χ2v) is 5.91. The van der Waals surface area contributed by atoms with Crippen LogP contribution in [-0.4, -0.2) is 30.6 Å². The van der Waals surface area contributed by atoms with Gasteiger partial charge in [0, 0.05) is 19.0 Å². The van der Waals surface area contributed by atoms with Crippen molar-refractivity contribution in [3.05, 3.63) is 71.3 Å². The Bertz CT molecular complexity index is 595. The highest BCUT2D eigenvalue weighted by Gasteiger charge is 2.30. The smallest absolute Gasteiger partial charge is 0.126 e. The molecule has 4 heteroatoms. The van der Waals surface area contributed by atoms with Crippen LogP contribution in [0.15, 0.2) is 48.5 Å². The van der Waals surface area contributed by atoms with Gasteiger partial charge in [-0.05, 0) is 43.8 Å². The maximum absolute atomic E-state index is 13.5. The monoisotopic (exact) mass is 305 g/mol. The second-order valence-electron chi connectivity index (χ2n) is 5.91. The van der Waals surface area contributed by atoms with Crippen molar-refractivity contribution in [2.75, 3.05) is 20.6 Å². The highest BCUT2D eigenvalue weighted by atomic mass is 19.1. The van der Waals surface area contributed by atoms with Crippen molar-refractivity contribution < 1.29 is 13.9 Å². The minimum atomic E-state index is -1.31. The standard InChI is InChI=1S/C18H21F2NO/c1-21(2)9-8-18(22,13-14-6-4-3-5-7-14)15-10-16(19)12-17(20)11-15/h3-7,10-12,22H,8-9,13H2,1-2H3. The van der Waals surface area contributed by atoms with Gasteiger partial charge in [0.2, 0.25) is 0 Å². The molecule has 0 saturated carbocycles. The average molecular weight is 305 g/mol. The molecule has 0 saturated heterocycles. The zero-order valence-electron chi connectivity index (χ0n) is 12.9. The van der Waals surface area contributed by atoms with E-state index in [0.29, 0.717) is 19.4 Å². The molecule has 0 heterocycles. The third kappa shape index (κ3) is 4.36. The molecule has 1 unspecified atom stereocenters. The summed E-state index contributed by atoms with van der Waals surface area (Å²) in [5, 5.41) is 11.1. The number of hydrogen-bond acceptors (Lipinski definition) is 2. The van der Waals surface area contributed by atoms with Gasteiger partial charge in [-0.2, -0.15) is 0 Å². The van der Waals surface area contributed by atoms with E-state index in [9.17, 15) is 13.9 Å². The SMILES string of the molecule is CN(C)CCC(O)(Cc1ccccc1)c1cc(F)cc(F)c1. The van der Waals surface area contributed by atoms with Gasteiger partial charge in [-0.3, -0.25) is 0 Å². The molecule has 0 aromatic heterocycles. The molecule has 1 N–H and O–H groups in total. The van der Waals surface area contributed by atoms with Gasteiger partial charge in [0.05, 0.1) is 5.60 Å². The van der Waals surface area contributed by atoms with Crippen molar-refractivity contribution in [1.82, 2.24) is 4.90 Å². The van der Waals surface area contributed by atoms with Gasteiger partial charge < -0.3 is 10.0 Å². The van der Waals surface area contributed by atoms with E-state index in [1.54, 1.807) is 0 Å². The summed E-state index contributed by atoms with van der Waals surface area (Å²) >= 11 is 0. The Hall–Kier alpha value is -1.78. The number of hydrogen-bond donors (Lipinski definition) is 1. The van der Waals surface area contributed by atoms with Crippen LogP contribution < -0.4 is 0 Å². The fraction of sp³-hybridized carbons (Fsp3) is 0.333. The zero-order valence-corrected chi connectivity index (χ0v) is 12.9. The Morgan fingerprint density at radius 2 is 1.59 bits per heavy atom. The van der Waals surface area contributed by atoms with Gasteiger partial charge >= 0.3 is 0 Å². The molecule has 1 atom stereocenters. The van der Waals surface area contributed by atoms with Crippen molar-refractivity contribution in [3.63, 3.8) is 0 Å². The summed E-state index contributed by atoms with van der Waals surface area (Å²) in [7, 11) is 3.80. The first-order chi connectivity index (χ1) is 10.4. The molecule has 0 aliphatic rings. The van der Waals surface area contributed by atoms with Gasteiger partial charge in [-0.15, -0.1) is 0 Å². The Labute approximate surface area is 130 Å². The molecule has 0 spiro atoms. The van der Waals surface area contributed by atoms with Crippen LogP contribution in [0.3, 0.4) is 0 Å². The minimum absolute atomic E-state index is 0.274. The molecule has 0 aliphatic carbocycles. The van der Waals surface area contributed by atoms with E-state index in [1.807, 2.05) is 49.3 Å². The van der Waals surface area contributed by atoms with Crippen molar-refractivity contribution in [2.45, 2.75) is 18.4 Å². The molecule has 0 fully saturated rings. The van der Waals surface area contributed by atoms with Gasteiger partial charge in [0.15, 0.2) is 0 Å². The van der Waals surface area contributed by atoms with Crippen molar-refractivity contribution in [2.24, 2.45) is 0 Å². The van der Waals surface area contributed by atoms with E-state index < -0.39 is 17.2 Å². The normalized spacial score (nSPS) is 14.1. The first-order valence-corrected chi connectivity index (χ1v) is 7.27. The van der Waals surface area contributed by atoms with Crippen LogP contribution >= 0.6 is 0 Å². The number of benzene rings is 2. The highest BCUT2D eigenvalue weighted by molar-refractivity contribution is 5.28. The number of aliphatic hydroxyl groups is 1. The van der Waals surface area contributed by atoms with Gasteiger partial charge in [-0.1, -0.05) is 30.3 Å². The van der Waals surface area contributed by atoms with Crippen LogP contribution in [0.5, 0.6) is 0 Å². The van der Waals surface area contributed by atoms with Gasteiger partial charge in [0.1, 0.15) is 11.6 Å². The molecule has 2 aromatic carbocycles. The minimum Gasteiger partial charge on any atom is -0.385 e. The maximum atomic E-state index is 13.5. The Morgan fingerprint density at radius 3 is 2.14 bits per heavy atom. The molecule has 118 valence electrons.